The summed E-state index contributed by atoms with van der Waals surface area (Å²) in [4.78, 5) is 12.1. The lowest BCUT2D eigenvalue weighted by atomic mass is 9.73. The van der Waals surface area contributed by atoms with E-state index in [4.69, 9.17) is 5.73 Å². The molecule has 1 fully saturated rings. The van der Waals surface area contributed by atoms with Crippen molar-refractivity contribution < 1.29 is 4.79 Å². The molecule has 3 heteroatoms. The van der Waals surface area contributed by atoms with Gasteiger partial charge in [-0.2, -0.15) is 0 Å². The molecule has 1 amide bonds. The second kappa shape index (κ2) is 4.52. The van der Waals surface area contributed by atoms with E-state index in [9.17, 15) is 4.79 Å². The normalized spacial score (nSPS) is 22.7. The minimum atomic E-state index is -0.391. The van der Waals surface area contributed by atoms with Crippen molar-refractivity contribution in [1.82, 2.24) is 5.32 Å². The predicted octanol–water partition coefficient (Wildman–Crippen LogP) is 1.81. The van der Waals surface area contributed by atoms with Crippen LogP contribution in [0.2, 0.25) is 0 Å². The molecule has 0 spiro atoms. The first kappa shape index (κ1) is 12.5. The molecule has 0 bridgehead atoms. The van der Waals surface area contributed by atoms with Gasteiger partial charge in [0.05, 0.1) is 5.41 Å². The van der Waals surface area contributed by atoms with E-state index in [1.807, 2.05) is 13.8 Å². The van der Waals surface area contributed by atoms with Crippen molar-refractivity contribution in [1.29, 1.82) is 0 Å². The third-order valence-corrected chi connectivity index (χ3v) is 4.15. The fourth-order valence-electron chi connectivity index (χ4n) is 1.96. The summed E-state index contributed by atoms with van der Waals surface area (Å²) in [6, 6.07) is 0. The Balaban J connectivity index is 2.61. The highest BCUT2D eigenvalue weighted by Crippen LogP contribution is 2.35. The summed E-state index contributed by atoms with van der Waals surface area (Å²) in [5.74, 6) is 0.133. The summed E-state index contributed by atoms with van der Waals surface area (Å²) in [5.41, 5.74) is 5.37. The molecule has 0 saturated heterocycles. The van der Waals surface area contributed by atoms with Crippen molar-refractivity contribution in [2.75, 3.05) is 6.54 Å². The van der Waals surface area contributed by atoms with Gasteiger partial charge in [0, 0.05) is 12.1 Å². The van der Waals surface area contributed by atoms with Gasteiger partial charge < -0.3 is 11.1 Å². The molecule has 0 aromatic heterocycles. The van der Waals surface area contributed by atoms with Crippen LogP contribution in [0, 0.1) is 5.41 Å². The Morgan fingerprint density at radius 1 is 1.47 bits per heavy atom. The second-order valence-electron chi connectivity index (χ2n) is 5.06. The minimum absolute atomic E-state index is 0.0860. The molecule has 1 saturated carbocycles. The summed E-state index contributed by atoms with van der Waals surface area (Å²) >= 11 is 0. The number of carbonyl (C=O) groups excluding carboxylic acids is 1. The van der Waals surface area contributed by atoms with Gasteiger partial charge in [0.2, 0.25) is 5.91 Å². The van der Waals surface area contributed by atoms with E-state index in [0.29, 0.717) is 6.54 Å². The van der Waals surface area contributed by atoms with E-state index < -0.39 is 5.41 Å². The zero-order valence-electron chi connectivity index (χ0n) is 10.2. The number of rotatable bonds is 5. The summed E-state index contributed by atoms with van der Waals surface area (Å²) in [6.45, 7) is 6.54. The van der Waals surface area contributed by atoms with E-state index in [1.165, 1.54) is 6.42 Å². The van der Waals surface area contributed by atoms with Crippen LogP contribution >= 0.6 is 0 Å². The molecule has 0 heterocycles. The highest BCUT2D eigenvalue weighted by atomic mass is 16.2. The van der Waals surface area contributed by atoms with Gasteiger partial charge in [-0.3, -0.25) is 4.79 Å². The second-order valence-corrected chi connectivity index (χ2v) is 5.06. The fourth-order valence-corrected chi connectivity index (χ4v) is 1.96. The van der Waals surface area contributed by atoms with Crippen LogP contribution < -0.4 is 11.1 Å². The monoisotopic (exact) mass is 212 g/mol. The summed E-state index contributed by atoms with van der Waals surface area (Å²) in [6.07, 6.45) is 5.32. The maximum atomic E-state index is 12.1. The van der Waals surface area contributed by atoms with E-state index in [0.717, 1.165) is 25.7 Å². The Morgan fingerprint density at radius 2 is 2.07 bits per heavy atom. The topological polar surface area (TPSA) is 55.1 Å². The lowest BCUT2D eigenvalue weighted by molar-refractivity contribution is -0.133. The zero-order chi connectivity index (χ0) is 11.5. The van der Waals surface area contributed by atoms with Crippen LogP contribution in [-0.2, 0) is 4.79 Å². The standard InChI is InChI=1S/C12H24N2O/c1-4-11(3,9-13)10(15)14-12(5-2)7-6-8-12/h4-9,13H2,1-3H3,(H,14,15). The molecular formula is C12H24N2O. The van der Waals surface area contributed by atoms with Gasteiger partial charge >= 0.3 is 0 Å². The first-order chi connectivity index (χ1) is 7.02. The van der Waals surface area contributed by atoms with E-state index >= 15 is 0 Å². The molecule has 15 heavy (non-hydrogen) atoms. The molecule has 3 nitrogen and oxygen atoms in total. The average Bonchev–Trinajstić information content (AvgIpc) is 2.21. The zero-order valence-corrected chi connectivity index (χ0v) is 10.2. The Bertz CT molecular complexity index is 224. The maximum absolute atomic E-state index is 12.1. The van der Waals surface area contributed by atoms with Crippen LogP contribution in [-0.4, -0.2) is 18.0 Å². The fraction of sp³-hybridized carbons (Fsp3) is 0.917. The highest BCUT2D eigenvalue weighted by molar-refractivity contribution is 5.83. The molecule has 0 aromatic rings. The summed E-state index contributed by atoms with van der Waals surface area (Å²) in [5, 5.41) is 3.20. The minimum Gasteiger partial charge on any atom is -0.350 e. The smallest absolute Gasteiger partial charge is 0.227 e. The van der Waals surface area contributed by atoms with Gasteiger partial charge in [0.15, 0.2) is 0 Å². The first-order valence-corrected chi connectivity index (χ1v) is 6.04. The van der Waals surface area contributed by atoms with Gasteiger partial charge in [0.1, 0.15) is 0 Å². The molecule has 1 unspecified atom stereocenters. The molecule has 1 rings (SSSR count). The Kier molecular flexibility index (Phi) is 3.77. The molecular weight excluding hydrogens is 188 g/mol. The third-order valence-electron chi connectivity index (χ3n) is 4.15. The van der Waals surface area contributed by atoms with E-state index in [1.54, 1.807) is 0 Å². The molecule has 0 aromatic carbocycles. The molecule has 0 aliphatic heterocycles. The lowest BCUT2D eigenvalue weighted by Gasteiger charge is -2.44. The first-order valence-electron chi connectivity index (χ1n) is 6.04. The van der Waals surface area contributed by atoms with Crippen LogP contribution in [0.25, 0.3) is 0 Å². The van der Waals surface area contributed by atoms with Crippen molar-refractivity contribution >= 4 is 5.91 Å². The number of hydrogen-bond acceptors (Lipinski definition) is 2. The maximum Gasteiger partial charge on any atom is 0.227 e. The lowest BCUT2D eigenvalue weighted by Crippen LogP contribution is -2.57. The molecule has 1 aliphatic carbocycles. The summed E-state index contributed by atoms with van der Waals surface area (Å²) < 4.78 is 0. The molecule has 1 aliphatic rings. The van der Waals surface area contributed by atoms with Crippen molar-refractivity contribution in [2.45, 2.75) is 58.4 Å². The van der Waals surface area contributed by atoms with E-state index in [-0.39, 0.29) is 11.4 Å². The number of hydrogen-bond donors (Lipinski definition) is 2. The number of nitrogens with two attached hydrogens (primary N) is 1. The van der Waals surface area contributed by atoms with Crippen LogP contribution in [0.5, 0.6) is 0 Å². The Hall–Kier alpha value is -0.570. The molecule has 3 N–H and O–H groups in total. The predicted molar refractivity (Wildman–Crippen MR) is 62.5 cm³/mol. The number of carbonyl (C=O) groups is 1. The highest BCUT2D eigenvalue weighted by Gasteiger charge is 2.40. The summed E-state index contributed by atoms with van der Waals surface area (Å²) in [7, 11) is 0. The van der Waals surface area contributed by atoms with Crippen molar-refractivity contribution in [2.24, 2.45) is 11.1 Å². The Labute approximate surface area is 92.8 Å². The quantitative estimate of drug-likeness (QED) is 0.730. The average molecular weight is 212 g/mol. The number of nitrogens with one attached hydrogen (secondary N) is 1. The molecule has 0 radical (unpaired) electrons. The van der Waals surface area contributed by atoms with Crippen molar-refractivity contribution in [3.63, 3.8) is 0 Å². The van der Waals surface area contributed by atoms with Gasteiger partial charge in [-0.05, 0) is 39.0 Å². The van der Waals surface area contributed by atoms with Crippen LogP contribution in [0.1, 0.15) is 52.9 Å². The van der Waals surface area contributed by atoms with Gasteiger partial charge in [-0.25, -0.2) is 0 Å². The molecule has 1 atom stereocenters. The van der Waals surface area contributed by atoms with Crippen LogP contribution in [0.15, 0.2) is 0 Å². The van der Waals surface area contributed by atoms with E-state index in [2.05, 4.69) is 12.2 Å². The SMILES string of the molecule is CCC1(NC(=O)C(C)(CC)CN)CCC1. The van der Waals surface area contributed by atoms with Gasteiger partial charge in [0.25, 0.3) is 0 Å². The van der Waals surface area contributed by atoms with Crippen LogP contribution in [0.4, 0.5) is 0 Å². The van der Waals surface area contributed by atoms with Crippen molar-refractivity contribution in [3.8, 4) is 0 Å². The van der Waals surface area contributed by atoms with Crippen molar-refractivity contribution in [3.05, 3.63) is 0 Å². The Morgan fingerprint density at radius 3 is 2.33 bits per heavy atom. The largest absolute Gasteiger partial charge is 0.350 e. The van der Waals surface area contributed by atoms with Gasteiger partial charge in [-0.1, -0.05) is 13.8 Å². The van der Waals surface area contributed by atoms with Crippen LogP contribution in [0.3, 0.4) is 0 Å². The number of amides is 1. The van der Waals surface area contributed by atoms with Gasteiger partial charge in [-0.15, -0.1) is 0 Å². The third kappa shape index (κ3) is 2.33. The molecule has 88 valence electrons.